The smallest absolute Gasteiger partial charge is 0.148 e. The maximum atomic E-state index is 14.0. The van der Waals surface area contributed by atoms with Crippen molar-refractivity contribution in [2.45, 2.75) is 19.4 Å². The molecule has 2 heterocycles. The van der Waals surface area contributed by atoms with E-state index in [1.165, 1.54) is 18.6 Å². The van der Waals surface area contributed by atoms with Crippen molar-refractivity contribution in [3.8, 4) is 11.1 Å². The summed E-state index contributed by atoms with van der Waals surface area (Å²) in [6.07, 6.45) is 4.78. The number of aliphatic imine (C=N–C) groups is 1. The first-order chi connectivity index (χ1) is 15.3. The van der Waals surface area contributed by atoms with E-state index < -0.39 is 11.4 Å². The zero-order chi connectivity index (χ0) is 22.9. The third-order valence-electron chi connectivity index (χ3n) is 5.31. The Labute approximate surface area is 189 Å². The number of nitrogens with zero attached hydrogens (tertiary/aromatic N) is 5. The van der Waals surface area contributed by atoms with Gasteiger partial charge in [-0.05, 0) is 43.7 Å². The van der Waals surface area contributed by atoms with E-state index in [2.05, 4.69) is 20.1 Å². The van der Waals surface area contributed by atoms with Gasteiger partial charge >= 0.3 is 0 Å². The van der Waals surface area contributed by atoms with Crippen molar-refractivity contribution in [2.75, 3.05) is 5.73 Å². The number of rotatable bonds is 5. The van der Waals surface area contributed by atoms with Gasteiger partial charge in [0, 0.05) is 16.8 Å². The molecule has 4 rings (SSSR count). The van der Waals surface area contributed by atoms with Crippen LogP contribution in [-0.4, -0.2) is 26.5 Å². The number of anilines is 1. The van der Waals surface area contributed by atoms with Crippen LogP contribution in [0.5, 0.6) is 0 Å². The lowest BCUT2D eigenvalue weighted by atomic mass is 9.98. The van der Waals surface area contributed by atoms with Crippen LogP contribution in [0.1, 0.15) is 13.8 Å². The molecule has 0 aliphatic carbocycles. The fourth-order valence-electron chi connectivity index (χ4n) is 3.52. The van der Waals surface area contributed by atoms with Crippen molar-refractivity contribution >= 4 is 46.1 Å². The van der Waals surface area contributed by atoms with Gasteiger partial charge in [-0.2, -0.15) is 5.10 Å². The van der Waals surface area contributed by atoms with Crippen LogP contribution >= 0.6 is 11.6 Å². The van der Waals surface area contributed by atoms with E-state index in [0.29, 0.717) is 27.6 Å². The van der Waals surface area contributed by atoms with Gasteiger partial charge in [0.05, 0.1) is 22.8 Å². The number of benzene rings is 2. The quantitative estimate of drug-likeness (QED) is 0.256. The van der Waals surface area contributed by atoms with Crippen LogP contribution < -0.4 is 11.6 Å². The first-order valence-electron chi connectivity index (χ1n) is 9.78. The summed E-state index contributed by atoms with van der Waals surface area (Å²) in [5.74, 6) is 5.64. The standard InChI is InChI=1S/C23H21ClFN7/c1-23(2,19(31-27)11-28-18-6-4-3-5-17(18)25)32-12-16(14-7-9-15(24)10-8-14)20-21(26)29-13-30-22(20)32/h3-13H,27H2,1-2H3,(H2,26,29,30). The Bertz CT molecular complexity index is 1340. The van der Waals surface area contributed by atoms with Gasteiger partial charge in [-0.25, -0.2) is 14.4 Å². The molecule has 0 saturated carbocycles. The van der Waals surface area contributed by atoms with Gasteiger partial charge in [-0.1, -0.05) is 35.9 Å². The highest BCUT2D eigenvalue weighted by Gasteiger charge is 2.30. The van der Waals surface area contributed by atoms with Gasteiger partial charge in [-0.3, -0.25) is 4.99 Å². The second-order valence-corrected chi connectivity index (χ2v) is 8.10. The Morgan fingerprint density at radius 3 is 2.53 bits per heavy atom. The van der Waals surface area contributed by atoms with E-state index in [-0.39, 0.29) is 5.69 Å². The molecule has 2 aromatic carbocycles. The first-order valence-corrected chi connectivity index (χ1v) is 10.2. The molecule has 4 aromatic rings. The number of nitrogen functional groups attached to an aromatic ring is 1. The number of nitrogens with two attached hydrogens (primary N) is 2. The lowest BCUT2D eigenvalue weighted by Crippen LogP contribution is -2.37. The van der Waals surface area contributed by atoms with Gasteiger partial charge < -0.3 is 16.1 Å². The van der Waals surface area contributed by atoms with Gasteiger partial charge in [0.1, 0.15) is 29.3 Å². The Balaban J connectivity index is 1.85. The lowest BCUT2D eigenvalue weighted by molar-refractivity contribution is 0.509. The second kappa shape index (κ2) is 8.39. The summed E-state index contributed by atoms with van der Waals surface area (Å²) in [6, 6.07) is 13.6. The molecular weight excluding hydrogens is 429 g/mol. The molecular formula is C23H21ClFN7. The minimum absolute atomic E-state index is 0.190. The Hall–Kier alpha value is -3.78. The summed E-state index contributed by atoms with van der Waals surface area (Å²) in [7, 11) is 0. The van der Waals surface area contributed by atoms with Crippen LogP contribution in [0.3, 0.4) is 0 Å². The van der Waals surface area contributed by atoms with E-state index in [1.54, 1.807) is 30.3 Å². The molecule has 0 aliphatic rings. The fraction of sp³-hybridized carbons (Fsp3) is 0.130. The summed E-state index contributed by atoms with van der Waals surface area (Å²) in [4.78, 5) is 12.9. The molecule has 0 radical (unpaired) electrons. The SMILES string of the molecule is CC(C)(C(C=Nc1ccccc1F)=NN)n1cc(-c2ccc(Cl)cc2)c2c(N)ncnc21. The van der Waals surface area contributed by atoms with E-state index in [0.717, 1.165) is 11.1 Å². The summed E-state index contributed by atoms with van der Waals surface area (Å²) < 4.78 is 15.9. The molecule has 0 spiro atoms. The molecule has 0 unspecified atom stereocenters. The molecule has 0 bridgehead atoms. The van der Waals surface area contributed by atoms with Crippen molar-refractivity contribution < 1.29 is 4.39 Å². The largest absolute Gasteiger partial charge is 0.383 e. The van der Waals surface area contributed by atoms with Gasteiger partial charge in [0.2, 0.25) is 0 Å². The summed E-state index contributed by atoms with van der Waals surface area (Å²) >= 11 is 6.06. The van der Waals surface area contributed by atoms with Crippen LogP contribution in [0.2, 0.25) is 5.02 Å². The molecule has 0 saturated heterocycles. The fourth-order valence-corrected chi connectivity index (χ4v) is 3.65. The van der Waals surface area contributed by atoms with Crippen LogP contribution in [0.4, 0.5) is 15.9 Å². The zero-order valence-corrected chi connectivity index (χ0v) is 18.3. The molecule has 32 heavy (non-hydrogen) atoms. The number of aromatic nitrogens is 3. The number of hydrogen-bond donors (Lipinski definition) is 2. The summed E-state index contributed by atoms with van der Waals surface area (Å²) in [6.45, 7) is 3.82. The Morgan fingerprint density at radius 2 is 1.84 bits per heavy atom. The predicted octanol–water partition coefficient (Wildman–Crippen LogP) is 4.93. The summed E-state index contributed by atoms with van der Waals surface area (Å²) in [5, 5.41) is 5.26. The van der Waals surface area contributed by atoms with Crippen LogP contribution in [0.15, 0.2) is 71.1 Å². The van der Waals surface area contributed by atoms with Crippen molar-refractivity contribution in [3.05, 3.63) is 71.9 Å². The number of halogens is 2. The van der Waals surface area contributed by atoms with E-state index >= 15 is 0 Å². The molecule has 4 N–H and O–H groups in total. The minimum Gasteiger partial charge on any atom is -0.383 e. The topological polar surface area (TPSA) is 107 Å². The molecule has 0 atom stereocenters. The normalized spacial score (nSPS) is 12.7. The third-order valence-corrected chi connectivity index (χ3v) is 5.57. The predicted molar refractivity (Wildman–Crippen MR) is 128 cm³/mol. The number of para-hydroxylation sites is 1. The van der Waals surface area contributed by atoms with E-state index in [4.69, 9.17) is 23.2 Å². The maximum absolute atomic E-state index is 14.0. The van der Waals surface area contributed by atoms with E-state index in [9.17, 15) is 4.39 Å². The van der Waals surface area contributed by atoms with E-state index in [1.807, 2.05) is 36.7 Å². The van der Waals surface area contributed by atoms with Gasteiger partial charge in [0.15, 0.2) is 0 Å². The Kier molecular flexibility index (Phi) is 5.63. The third kappa shape index (κ3) is 3.80. The van der Waals surface area contributed by atoms with Crippen molar-refractivity contribution in [1.29, 1.82) is 0 Å². The van der Waals surface area contributed by atoms with Gasteiger partial charge in [0.25, 0.3) is 0 Å². The summed E-state index contributed by atoms with van der Waals surface area (Å²) in [5.41, 5.74) is 8.38. The number of hydrogen-bond acceptors (Lipinski definition) is 6. The average molecular weight is 450 g/mol. The monoisotopic (exact) mass is 449 g/mol. The number of fused-ring (bicyclic) bond motifs is 1. The molecule has 0 fully saturated rings. The highest BCUT2D eigenvalue weighted by molar-refractivity contribution is 6.34. The van der Waals surface area contributed by atoms with Crippen molar-refractivity contribution in [1.82, 2.24) is 14.5 Å². The molecule has 9 heteroatoms. The molecule has 162 valence electrons. The zero-order valence-electron chi connectivity index (χ0n) is 17.5. The second-order valence-electron chi connectivity index (χ2n) is 7.66. The molecule has 0 amide bonds. The first kappa shape index (κ1) is 21.5. The van der Waals surface area contributed by atoms with Crippen LogP contribution in [0.25, 0.3) is 22.2 Å². The lowest BCUT2D eigenvalue weighted by Gasteiger charge is -2.27. The molecule has 0 aliphatic heterocycles. The highest BCUT2D eigenvalue weighted by atomic mass is 35.5. The molecule has 7 nitrogen and oxygen atoms in total. The highest BCUT2D eigenvalue weighted by Crippen LogP contribution is 2.36. The Morgan fingerprint density at radius 1 is 1.12 bits per heavy atom. The van der Waals surface area contributed by atoms with Crippen molar-refractivity contribution in [3.63, 3.8) is 0 Å². The number of hydrazone groups is 1. The minimum atomic E-state index is -0.798. The average Bonchev–Trinajstić information content (AvgIpc) is 3.18. The van der Waals surface area contributed by atoms with Crippen LogP contribution in [-0.2, 0) is 5.54 Å². The molecule has 2 aromatic heterocycles. The van der Waals surface area contributed by atoms with Crippen LogP contribution in [0, 0.1) is 5.82 Å². The maximum Gasteiger partial charge on any atom is 0.148 e. The van der Waals surface area contributed by atoms with Crippen molar-refractivity contribution in [2.24, 2.45) is 15.9 Å². The van der Waals surface area contributed by atoms with Gasteiger partial charge in [-0.15, -0.1) is 0 Å².